The molecule has 1 fully saturated rings. The van der Waals surface area contributed by atoms with Crippen molar-refractivity contribution in [3.8, 4) is 0 Å². The van der Waals surface area contributed by atoms with Crippen molar-refractivity contribution < 1.29 is 0 Å². The molecule has 2 unspecified atom stereocenters. The van der Waals surface area contributed by atoms with Crippen LogP contribution in [0.3, 0.4) is 0 Å². The van der Waals surface area contributed by atoms with Gasteiger partial charge in [0.1, 0.15) is 5.01 Å². The van der Waals surface area contributed by atoms with E-state index >= 15 is 0 Å². The van der Waals surface area contributed by atoms with Gasteiger partial charge in [0, 0.05) is 5.38 Å². The summed E-state index contributed by atoms with van der Waals surface area (Å²) in [6, 6.07) is 0. The van der Waals surface area contributed by atoms with Crippen LogP contribution in [0.15, 0.2) is 5.38 Å². The fourth-order valence-electron chi connectivity index (χ4n) is 2.50. The summed E-state index contributed by atoms with van der Waals surface area (Å²) in [5.74, 6) is 1.31. The van der Waals surface area contributed by atoms with Crippen LogP contribution in [0.1, 0.15) is 63.1 Å². The topological polar surface area (TPSA) is 38.9 Å². The Kier molecular flexibility index (Phi) is 3.36. The van der Waals surface area contributed by atoms with Crippen molar-refractivity contribution in [3.05, 3.63) is 16.1 Å². The molecule has 0 spiro atoms. The molecule has 3 heteroatoms. The molecule has 1 heterocycles. The van der Waals surface area contributed by atoms with Crippen LogP contribution in [0.2, 0.25) is 0 Å². The summed E-state index contributed by atoms with van der Waals surface area (Å²) in [5.41, 5.74) is 7.58. The van der Waals surface area contributed by atoms with Crippen LogP contribution in [-0.4, -0.2) is 4.98 Å². The van der Waals surface area contributed by atoms with Gasteiger partial charge in [0.15, 0.2) is 0 Å². The molecule has 0 bridgehead atoms. The first-order valence-electron chi connectivity index (χ1n) is 6.30. The molecule has 2 N–H and O–H groups in total. The van der Waals surface area contributed by atoms with E-state index in [1.54, 1.807) is 11.3 Å². The number of thiazole rings is 1. The SMILES string of the molecule is CCC1CCC(N)(c2nc(C(C)C)cs2)C1. The fraction of sp³-hybridized carbons (Fsp3) is 0.769. The van der Waals surface area contributed by atoms with E-state index < -0.39 is 0 Å². The van der Waals surface area contributed by atoms with Gasteiger partial charge in [0.05, 0.1) is 11.2 Å². The molecule has 0 amide bonds. The molecule has 90 valence electrons. The largest absolute Gasteiger partial charge is 0.319 e. The molecule has 0 aliphatic heterocycles. The van der Waals surface area contributed by atoms with E-state index in [2.05, 4.69) is 26.2 Å². The van der Waals surface area contributed by atoms with E-state index in [-0.39, 0.29) is 5.54 Å². The minimum Gasteiger partial charge on any atom is -0.319 e. The van der Waals surface area contributed by atoms with Gasteiger partial charge in [-0.05, 0) is 31.1 Å². The molecule has 1 aromatic heterocycles. The molecule has 1 saturated carbocycles. The molecule has 16 heavy (non-hydrogen) atoms. The average Bonchev–Trinajstić information content (AvgIpc) is 2.84. The zero-order valence-corrected chi connectivity index (χ0v) is 11.3. The zero-order valence-electron chi connectivity index (χ0n) is 10.5. The van der Waals surface area contributed by atoms with Gasteiger partial charge in [-0.1, -0.05) is 27.2 Å². The quantitative estimate of drug-likeness (QED) is 0.873. The van der Waals surface area contributed by atoms with Crippen LogP contribution >= 0.6 is 11.3 Å². The normalized spacial score (nSPS) is 30.2. The van der Waals surface area contributed by atoms with Gasteiger partial charge in [-0.15, -0.1) is 11.3 Å². The lowest BCUT2D eigenvalue weighted by Gasteiger charge is -2.21. The van der Waals surface area contributed by atoms with Crippen molar-refractivity contribution in [2.45, 2.75) is 57.9 Å². The molecule has 1 aliphatic rings. The predicted octanol–water partition coefficient (Wildman–Crippen LogP) is 3.63. The first-order chi connectivity index (χ1) is 7.55. The van der Waals surface area contributed by atoms with E-state index in [4.69, 9.17) is 10.7 Å². The summed E-state index contributed by atoms with van der Waals surface area (Å²) in [6.45, 7) is 6.63. The molecule has 1 aromatic rings. The van der Waals surface area contributed by atoms with Crippen molar-refractivity contribution in [3.63, 3.8) is 0 Å². The third-order valence-electron chi connectivity index (χ3n) is 3.77. The standard InChI is InChI=1S/C13H22N2S/c1-4-10-5-6-13(14,7-10)12-15-11(8-16-12)9(2)3/h8-10H,4-7,14H2,1-3H3. The molecular weight excluding hydrogens is 216 g/mol. The molecule has 2 rings (SSSR count). The van der Waals surface area contributed by atoms with Crippen molar-refractivity contribution in [2.75, 3.05) is 0 Å². The molecule has 0 aromatic carbocycles. The summed E-state index contributed by atoms with van der Waals surface area (Å²) in [4.78, 5) is 4.73. The number of nitrogens with zero attached hydrogens (tertiary/aromatic N) is 1. The lowest BCUT2D eigenvalue weighted by Crippen LogP contribution is -2.33. The minimum absolute atomic E-state index is 0.127. The number of hydrogen-bond acceptors (Lipinski definition) is 3. The number of hydrogen-bond donors (Lipinski definition) is 1. The molecule has 0 saturated heterocycles. The summed E-state index contributed by atoms with van der Waals surface area (Å²) in [5, 5.41) is 3.33. The van der Waals surface area contributed by atoms with Crippen molar-refractivity contribution in [2.24, 2.45) is 11.7 Å². The van der Waals surface area contributed by atoms with Crippen molar-refractivity contribution in [1.29, 1.82) is 0 Å². The highest BCUT2D eigenvalue weighted by Gasteiger charge is 2.38. The van der Waals surface area contributed by atoms with E-state index in [1.165, 1.54) is 18.5 Å². The summed E-state index contributed by atoms with van der Waals surface area (Å²) in [6.07, 6.45) is 4.75. The molecule has 2 nitrogen and oxygen atoms in total. The summed E-state index contributed by atoms with van der Waals surface area (Å²) >= 11 is 1.75. The summed E-state index contributed by atoms with van der Waals surface area (Å²) in [7, 11) is 0. The van der Waals surface area contributed by atoms with Gasteiger partial charge in [-0.3, -0.25) is 0 Å². The maximum atomic E-state index is 6.51. The molecule has 1 aliphatic carbocycles. The van der Waals surface area contributed by atoms with Crippen molar-refractivity contribution in [1.82, 2.24) is 4.98 Å². The van der Waals surface area contributed by atoms with E-state index in [1.807, 2.05) is 0 Å². The number of aromatic nitrogens is 1. The highest BCUT2D eigenvalue weighted by molar-refractivity contribution is 7.09. The Hall–Kier alpha value is -0.410. The Labute approximate surface area is 102 Å². The van der Waals surface area contributed by atoms with Crippen LogP contribution in [0.25, 0.3) is 0 Å². The number of nitrogens with two attached hydrogens (primary N) is 1. The van der Waals surface area contributed by atoms with Gasteiger partial charge in [0.2, 0.25) is 0 Å². The molecular formula is C13H22N2S. The third kappa shape index (κ3) is 2.16. The van der Waals surface area contributed by atoms with E-state index in [9.17, 15) is 0 Å². The lowest BCUT2D eigenvalue weighted by atomic mass is 9.97. The maximum Gasteiger partial charge on any atom is 0.113 e. The zero-order chi connectivity index (χ0) is 11.8. The van der Waals surface area contributed by atoms with Crippen molar-refractivity contribution >= 4 is 11.3 Å². The Morgan fingerprint density at radius 2 is 2.38 bits per heavy atom. The smallest absolute Gasteiger partial charge is 0.113 e. The Morgan fingerprint density at radius 1 is 1.62 bits per heavy atom. The summed E-state index contributed by atoms with van der Waals surface area (Å²) < 4.78 is 0. The van der Waals surface area contributed by atoms with E-state index in [0.29, 0.717) is 5.92 Å². The van der Waals surface area contributed by atoms with E-state index in [0.717, 1.165) is 23.8 Å². The Bertz CT molecular complexity index is 359. The second-order valence-corrected chi connectivity index (χ2v) is 6.26. The highest BCUT2D eigenvalue weighted by atomic mass is 32.1. The van der Waals surface area contributed by atoms with Crippen LogP contribution in [0, 0.1) is 5.92 Å². The minimum atomic E-state index is -0.127. The van der Waals surface area contributed by atoms with Gasteiger partial charge in [-0.25, -0.2) is 4.98 Å². The second-order valence-electron chi connectivity index (χ2n) is 5.41. The van der Waals surface area contributed by atoms with Crippen LogP contribution in [0.5, 0.6) is 0 Å². The second kappa shape index (κ2) is 4.46. The van der Waals surface area contributed by atoms with Crippen LogP contribution in [0.4, 0.5) is 0 Å². The Balaban J connectivity index is 2.17. The highest BCUT2D eigenvalue weighted by Crippen LogP contribution is 2.42. The number of rotatable bonds is 3. The van der Waals surface area contributed by atoms with Gasteiger partial charge >= 0.3 is 0 Å². The van der Waals surface area contributed by atoms with Gasteiger partial charge in [0.25, 0.3) is 0 Å². The van der Waals surface area contributed by atoms with Gasteiger partial charge in [-0.2, -0.15) is 0 Å². The third-order valence-corrected chi connectivity index (χ3v) is 4.85. The van der Waals surface area contributed by atoms with Crippen LogP contribution in [-0.2, 0) is 5.54 Å². The monoisotopic (exact) mass is 238 g/mol. The van der Waals surface area contributed by atoms with Gasteiger partial charge < -0.3 is 5.73 Å². The predicted molar refractivity (Wildman–Crippen MR) is 69.7 cm³/mol. The lowest BCUT2D eigenvalue weighted by molar-refractivity contribution is 0.421. The Morgan fingerprint density at radius 3 is 2.88 bits per heavy atom. The van der Waals surface area contributed by atoms with Crippen LogP contribution < -0.4 is 5.73 Å². The molecule has 0 radical (unpaired) electrons. The average molecular weight is 238 g/mol. The first-order valence-corrected chi connectivity index (χ1v) is 7.18. The molecule has 2 atom stereocenters. The first kappa shape index (κ1) is 12.1. The maximum absolute atomic E-state index is 6.51. The fourth-order valence-corrected chi connectivity index (χ4v) is 3.64.